The van der Waals surface area contributed by atoms with E-state index < -0.39 is 12.0 Å². The molecule has 0 radical (unpaired) electrons. The third kappa shape index (κ3) is 1.66. The molecule has 3 nitrogen and oxygen atoms in total. The summed E-state index contributed by atoms with van der Waals surface area (Å²) >= 11 is 0. The lowest BCUT2D eigenvalue weighted by Gasteiger charge is -1.99. The Bertz CT molecular complexity index is 557. The number of H-pyrrole nitrogens is 1. The van der Waals surface area contributed by atoms with E-state index in [0.29, 0.717) is 0 Å². The van der Waals surface area contributed by atoms with Gasteiger partial charge in [-0.3, -0.25) is 4.79 Å². The fourth-order valence-electron chi connectivity index (χ4n) is 1.45. The summed E-state index contributed by atoms with van der Waals surface area (Å²) in [6.45, 7) is 1.29. The molecule has 0 amide bonds. The van der Waals surface area contributed by atoms with E-state index in [1.165, 1.54) is 25.1 Å². The van der Waals surface area contributed by atoms with Crippen LogP contribution in [0.4, 0.5) is 13.2 Å². The molecule has 2 rings (SSSR count). The molecule has 0 unspecified atom stereocenters. The molecule has 0 bridgehead atoms. The number of alkyl halides is 3. The number of rotatable bonds is 1. The number of ketones is 1. The highest BCUT2D eigenvalue weighted by molar-refractivity contribution is 6.04. The molecular weight excluding hydrogens is 221 g/mol. The Morgan fingerprint density at radius 1 is 1.38 bits per heavy atom. The summed E-state index contributed by atoms with van der Waals surface area (Å²) in [5, 5.41) is 0. The highest BCUT2D eigenvalue weighted by atomic mass is 19.4. The molecule has 1 aromatic heterocycles. The minimum atomic E-state index is -4.53. The quantitative estimate of drug-likeness (QED) is 0.763. The van der Waals surface area contributed by atoms with E-state index in [4.69, 9.17) is 0 Å². The average Bonchev–Trinajstić information content (AvgIpc) is 2.59. The van der Waals surface area contributed by atoms with E-state index in [2.05, 4.69) is 9.97 Å². The number of halogens is 3. The topological polar surface area (TPSA) is 45.8 Å². The lowest BCUT2D eigenvalue weighted by Crippen LogP contribution is -2.07. The molecule has 0 saturated carbocycles. The number of hydrogen-bond acceptors (Lipinski definition) is 2. The van der Waals surface area contributed by atoms with Crippen LogP contribution in [0.15, 0.2) is 18.2 Å². The number of imidazole rings is 1. The lowest BCUT2D eigenvalue weighted by atomic mass is 10.1. The van der Waals surface area contributed by atoms with Crippen LogP contribution in [0.3, 0.4) is 0 Å². The first kappa shape index (κ1) is 10.7. The average molecular weight is 228 g/mol. The van der Waals surface area contributed by atoms with E-state index in [-0.39, 0.29) is 22.4 Å². The zero-order valence-corrected chi connectivity index (χ0v) is 8.22. The molecule has 0 spiro atoms. The van der Waals surface area contributed by atoms with Crippen molar-refractivity contribution in [2.75, 3.05) is 0 Å². The number of fused-ring (bicyclic) bond motifs is 1. The van der Waals surface area contributed by atoms with E-state index in [1.807, 2.05) is 0 Å². The van der Waals surface area contributed by atoms with Crippen molar-refractivity contribution >= 4 is 16.8 Å². The second-order valence-corrected chi connectivity index (χ2v) is 3.34. The van der Waals surface area contributed by atoms with Crippen molar-refractivity contribution in [1.82, 2.24) is 9.97 Å². The SMILES string of the molecule is CC(=O)c1cccc2[nH]c(C(F)(F)F)nc12. The molecule has 0 aliphatic heterocycles. The van der Waals surface area contributed by atoms with E-state index in [9.17, 15) is 18.0 Å². The number of nitrogens with zero attached hydrogens (tertiary/aromatic N) is 1. The molecule has 6 heteroatoms. The van der Waals surface area contributed by atoms with Crippen LogP contribution in [0.25, 0.3) is 11.0 Å². The highest BCUT2D eigenvalue weighted by Gasteiger charge is 2.35. The van der Waals surface area contributed by atoms with Gasteiger partial charge in [-0.25, -0.2) is 4.98 Å². The van der Waals surface area contributed by atoms with Crippen LogP contribution in [0, 0.1) is 0 Å². The lowest BCUT2D eigenvalue weighted by molar-refractivity contribution is -0.144. The van der Waals surface area contributed by atoms with Gasteiger partial charge in [0.25, 0.3) is 0 Å². The number of para-hydroxylation sites is 1. The van der Waals surface area contributed by atoms with Gasteiger partial charge in [-0.2, -0.15) is 13.2 Å². The van der Waals surface area contributed by atoms with Crippen molar-refractivity contribution in [2.45, 2.75) is 13.1 Å². The Morgan fingerprint density at radius 3 is 2.62 bits per heavy atom. The van der Waals surface area contributed by atoms with E-state index in [0.717, 1.165) is 0 Å². The van der Waals surface area contributed by atoms with Crippen molar-refractivity contribution in [1.29, 1.82) is 0 Å². The van der Waals surface area contributed by atoms with Crippen LogP contribution in [-0.4, -0.2) is 15.8 Å². The van der Waals surface area contributed by atoms with Crippen LogP contribution in [-0.2, 0) is 6.18 Å². The standard InChI is InChI=1S/C10H7F3N2O/c1-5(16)6-3-2-4-7-8(6)15-9(14-7)10(11,12)13/h2-4H,1H3,(H,14,15). The third-order valence-corrected chi connectivity index (χ3v) is 2.16. The zero-order valence-electron chi connectivity index (χ0n) is 8.22. The van der Waals surface area contributed by atoms with Crippen molar-refractivity contribution in [2.24, 2.45) is 0 Å². The van der Waals surface area contributed by atoms with Crippen molar-refractivity contribution < 1.29 is 18.0 Å². The summed E-state index contributed by atoms with van der Waals surface area (Å²) in [6.07, 6.45) is -4.53. The second kappa shape index (κ2) is 3.33. The van der Waals surface area contributed by atoms with Crippen LogP contribution in [0.5, 0.6) is 0 Å². The summed E-state index contributed by atoms with van der Waals surface area (Å²) in [4.78, 5) is 16.7. The Kier molecular flexibility index (Phi) is 2.22. The van der Waals surface area contributed by atoms with Gasteiger partial charge in [0.1, 0.15) is 0 Å². The van der Waals surface area contributed by atoms with Crippen molar-refractivity contribution in [3.8, 4) is 0 Å². The first-order valence-electron chi connectivity index (χ1n) is 4.46. The maximum atomic E-state index is 12.4. The molecular formula is C10H7F3N2O. The van der Waals surface area contributed by atoms with Gasteiger partial charge < -0.3 is 4.98 Å². The van der Waals surface area contributed by atoms with Gasteiger partial charge in [0, 0.05) is 5.56 Å². The van der Waals surface area contributed by atoms with Gasteiger partial charge in [0.05, 0.1) is 11.0 Å². The first-order chi connectivity index (χ1) is 7.39. The van der Waals surface area contributed by atoms with Crippen LogP contribution in [0.2, 0.25) is 0 Å². The highest BCUT2D eigenvalue weighted by Crippen LogP contribution is 2.29. The van der Waals surface area contributed by atoms with E-state index >= 15 is 0 Å². The number of aromatic nitrogens is 2. The molecule has 2 aromatic rings. The number of carbonyl (C=O) groups is 1. The van der Waals surface area contributed by atoms with Gasteiger partial charge in [0.2, 0.25) is 5.82 Å². The molecule has 1 aromatic carbocycles. The molecule has 1 N–H and O–H groups in total. The van der Waals surface area contributed by atoms with Gasteiger partial charge in [0.15, 0.2) is 5.78 Å². The number of carbonyl (C=O) groups excluding carboxylic acids is 1. The molecule has 0 aliphatic rings. The number of benzene rings is 1. The van der Waals surface area contributed by atoms with Gasteiger partial charge in [-0.1, -0.05) is 6.07 Å². The van der Waals surface area contributed by atoms with Gasteiger partial charge >= 0.3 is 6.18 Å². The van der Waals surface area contributed by atoms with Crippen LogP contribution >= 0.6 is 0 Å². The van der Waals surface area contributed by atoms with E-state index in [1.54, 1.807) is 0 Å². The normalized spacial score (nSPS) is 12.0. The summed E-state index contributed by atoms with van der Waals surface area (Å²) in [5.41, 5.74) is 0.451. The number of hydrogen-bond donors (Lipinski definition) is 1. The van der Waals surface area contributed by atoms with Crippen LogP contribution in [0.1, 0.15) is 23.1 Å². The minimum absolute atomic E-state index is 0.0577. The Hall–Kier alpha value is -1.85. The van der Waals surface area contributed by atoms with Crippen molar-refractivity contribution in [3.05, 3.63) is 29.6 Å². The monoisotopic (exact) mass is 228 g/mol. The molecule has 84 valence electrons. The van der Waals surface area contributed by atoms with Gasteiger partial charge in [-0.05, 0) is 19.1 Å². The fraction of sp³-hybridized carbons (Fsp3) is 0.200. The summed E-state index contributed by atoms with van der Waals surface area (Å²) in [7, 11) is 0. The summed E-state index contributed by atoms with van der Waals surface area (Å²) < 4.78 is 37.1. The number of aromatic amines is 1. The maximum absolute atomic E-state index is 12.4. The van der Waals surface area contributed by atoms with Crippen LogP contribution < -0.4 is 0 Å². The second-order valence-electron chi connectivity index (χ2n) is 3.34. The number of nitrogens with one attached hydrogen (secondary N) is 1. The molecule has 0 fully saturated rings. The molecule has 0 aliphatic carbocycles. The number of Topliss-reactive ketones (excluding diaryl/α,β-unsaturated/α-hetero) is 1. The predicted octanol–water partition coefficient (Wildman–Crippen LogP) is 2.78. The molecule has 0 atom stereocenters. The molecule has 1 heterocycles. The fourth-order valence-corrected chi connectivity index (χ4v) is 1.45. The first-order valence-corrected chi connectivity index (χ1v) is 4.46. The Balaban J connectivity index is 2.71. The summed E-state index contributed by atoms with van der Waals surface area (Å²) in [6, 6.07) is 4.41. The summed E-state index contributed by atoms with van der Waals surface area (Å²) in [5.74, 6) is -1.40. The van der Waals surface area contributed by atoms with Gasteiger partial charge in [-0.15, -0.1) is 0 Å². The largest absolute Gasteiger partial charge is 0.449 e. The zero-order chi connectivity index (χ0) is 11.9. The van der Waals surface area contributed by atoms with Crippen molar-refractivity contribution in [3.63, 3.8) is 0 Å². The predicted molar refractivity (Wildman–Crippen MR) is 51.1 cm³/mol. The Labute approximate surface area is 88.3 Å². The molecule has 0 saturated heterocycles. The Morgan fingerprint density at radius 2 is 2.06 bits per heavy atom. The minimum Gasteiger partial charge on any atom is -0.334 e. The third-order valence-electron chi connectivity index (χ3n) is 2.16. The smallest absolute Gasteiger partial charge is 0.334 e. The molecule has 16 heavy (non-hydrogen) atoms. The maximum Gasteiger partial charge on any atom is 0.449 e.